The summed E-state index contributed by atoms with van der Waals surface area (Å²) >= 11 is 5.94. The Morgan fingerprint density at radius 3 is 2.27 bits per heavy atom. The van der Waals surface area contributed by atoms with Crippen LogP contribution in [-0.4, -0.2) is 33.7 Å². The van der Waals surface area contributed by atoms with Gasteiger partial charge in [0.05, 0.1) is 29.7 Å². The molecule has 0 spiro atoms. The fraction of sp³-hybridized carbons (Fsp3) is 0.400. The molecule has 2 aliphatic heterocycles. The normalized spacial score (nSPS) is 32.3. The van der Waals surface area contributed by atoms with E-state index in [4.69, 9.17) is 16.3 Å². The number of hydrogen-bond donors (Lipinski definition) is 0. The molecule has 5 rings (SSSR count). The lowest BCUT2D eigenvalue weighted by atomic mass is 9.81. The Kier molecular flexibility index (Phi) is 3.52. The summed E-state index contributed by atoms with van der Waals surface area (Å²) < 4.78 is 5.81. The molecule has 0 amide bonds. The SMILES string of the molecule is Cc1cnc(-c2ccc(Cl)cc2)nc1C1C(=O)[C@@H]2[C@H](C1=O)[C@@H]1CC[C@H]2O1. The zero-order valence-electron chi connectivity index (χ0n) is 14.2. The van der Waals surface area contributed by atoms with E-state index in [0.717, 1.165) is 24.0 Å². The van der Waals surface area contributed by atoms with Gasteiger partial charge in [0.15, 0.2) is 17.4 Å². The first kappa shape index (κ1) is 16.1. The molecule has 5 nitrogen and oxygen atoms in total. The molecular formula is C20H17ClN2O3. The molecule has 3 heterocycles. The molecule has 26 heavy (non-hydrogen) atoms. The smallest absolute Gasteiger partial charge is 0.159 e. The number of carbonyl (C=O) groups excluding carboxylic acids is 2. The fourth-order valence-electron chi connectivity index (χ4n) is 4.68. The molecule has 0 N–H and O–H groups in total. The monoisotopic (exact) mass is 368 g/mol. The van der Waals surface area contributed by atoms with E-state index in [1.54, 1.807) is 18.3 Å². The number of aromatic nitrogens is 2. The maximum absolute atomic E-state index is 13.1. The third-order valence-electron chi connectivity index (χ3n) is 5.89. The molecule has 6 heteroatoms. The summed E-state index contributed by atoms with van der Waals surface area (Å²) in [4.78, 5) is 35.1. The van der Waals surface area contributed by atoms with Crippen LogP contribution in [0.3, 0.4) is 0 Å². The van der Waals surface area contributed by atoms with Crippen molar-refractivity contribution in [3.05, 3.63) is 46.7 Å². The van der Waals surface area contributed by atoms with E-state index in [2.05, 4.69) is 9.97 Å². The summed E-state index contributed by atoms with van der Waals surface area (Å²) in [5.41, 5.74) is 2.11. The molecule has 2 saturated heterocycles. The standard InChI is InChI=1S/C20H17ClN2O3/c1-9-8-22-20(10-2-4-11(21)5-3-10)23-17(9)16-18(24)14-12-6-7-13(26-12)15(14)19(16)25/h2-5,8,12-16H,6-7H2,1H3/t12-,13+,14+,15-,16?. The van der Waals surface area contributed by atoms with Crippen LogP contribution in [0.25, 0.3) is 11.4 Å². The van der Waals surface area contributed by atoms with Crippen molar-refractivity contribution in [2.24, 2.45) is 11.8 Å². The Morgan fingerprint density at radius 1 is 1.04 bits per heavy atom. The molecule has 3 aliphatic rings. The summed E-state index contributed by atoms with van der Waals surface area (Å²) in [7, 11) is 0. The molecule has 2 aromatic rings. The largest absolute Gasteiger partial charge is 0.373 e. The summed E-state index contributed by atoms with van der Waals surface area (Å²) in [6, 6.07) is 7.20. The first-order valence-electron chi connectivity index (χ1n) is 8.87. The average molecular weight is 369 g/mol. The average Bonchev–Trinajstić information content (AvgIpc) is 3.31. The Bertz CT molecular complexity index is 899. The van der Waals surface area contributed by atoms with Crippen LogP contribution in [-0.2, 0) is 14.3 Å². The van der Waals surface area contributed by atoms with Crippen molar-refractivity contribution in [1.29, 1.82) is 0 Å². The Balaban J connectivity index is 1.56. The lowest BCUT2D eigenvalue weighted by molar-refractivity contribution is -0.127. The summed E-state index contributed by atoms with van der Waals surface area (Å²) in [6.07, 6.45) is 3.24. The molecule has 5 atom stereocenters. The molecule has 1 aromatic carbocycles. The summed E-state index contributed by atoms with van der Waals surface area (Å²) in [6.45, 7) is 1.85. The van der Waals surface area contributed by atoms with Crippen LogP contribution < -0.4 is 0 Å². The molecule has 1 unspecified atom stereocenters. The highest BCUT2D eigenvalue weighted by Gasteiger charge is 2.63. The summed E-state index contributed by atoms with van der Waals surface area (Å²) in [5, 5.41) is 0.630. The number of hydrogen-bond acceptors (Lipinski definition) is 5. The van der Waals surface area contributed by atoms with Gasteiger partial charge in [-0.25, -0.2) is 9.97 Å². The van der Waals surface area contributed by atoms with E-state index in [1.165, 1.54) is 0 Å². The molecule has 1 saturated carbocycles. The molecule has 1 aliphatic carbocycles. The number of fused-ring (bicyclic) bond motifs is 5. The van der Waals surface area contributed by atoms with E-state index in [0.29, 0.717) is 16.5 Å². The predicted octanol–water partition coefficient (Wildman–Crippen LogP) is 3.13. The zero-order chi connectivity index (χ0) is 18.0. The van der Waals surface area contributed by atoms with Gasteiger partial charge >= 0.3 is 0 Å². The number of nitrogens with zero attached hydrogens (tertiary/aromatic N) is 2. The number of carbonyl (C=O) groups is 2. The van der Waals surface area contributed by atoms with Crippen LogP contribution >= 0.6 is 11.6 Å². The minimum atomic E-state index is -0.786. The van der Waals surface area contributed by atoms with Gasteiger partial charge in [-0.2, -0.15) is 0 Å². The highest BCUT2D eigenvalue weighted by atomic mass is 35.5. The molecule has 1 aromatic heterocycles. The van der Waals surface area contributed by atoms with Gasteiger partial charge in [0.1, 0.15) is 5.92 Å². The quantitative estimate of drug-likeness (QED) is 0.762. The van der Waals surface area contributed by atoms with Crippen LogP contribution in [0.15, 0.2) is 30.5 Å². The van der Waals surface area contributed by atoms with Gasteiger partial charge in [0.25, 0.3) is 0 Å². The van der Waals surface area contributed by atoms with E-state index >= 15 is 0 Å². The van der Waals surface area contributed by atoms with Gasteiger partial charge in [-0.1, -0.05) is 11.6 Å². The molecule has 132 valence electrons. The Labute approximate surface area is 155 Å². The lowest BCUT2D eigenvalue weighted by Gasteiger charge is -2.16. The third kappa shape index (κ3) is 2.20. The van der Waals surface area contributed by atoms with Gasteiger partial charge in [0.2, 0.25) is 0 Å². The van der Waals surface area contributed by atoms with Gasteiger partial charge in [-0.15, -0.1) is 0 Å². The number of Topliss-reactive ketones (excluding diaryl/α,β-unsaturated/α-hetero) is 2. The first-order chi connectivity index (χ1) is 12.5. The van der Waals surface area contributed by atoms with Gasteiger partial charge < -0.3 is 4.74 Å². The van der Waals surface area contributed by atoms with Crippen LogP contribution in [0.2, 0.25) is 5.02 Å². The van der Waals surface area contributed by atoms with Gasteiger partial charge in [-0.05, 0) is 49.6 Å². The number of ketones is 2. The highest BCUT2D eigenvalue weighted by Crippen LogP contribution is 2.52. The second-order valence-corrected chi connectivity index (χ2v) is 7.78. The van der Waals surface area contributed by atoms with Crippen molar-refractivity contribution < 1.29 is 14.3 Å². The molecule has 0 radical (unpaired) electrons. The number of aryl methyl sites for hydroxylation is 1. The molecule has 3 fully saturated rings. The van der Waals surface area contributed by atoms with E-state index < -0.39 is 5.92 Å². The second-order valence-electron chi connectivity index (χ2n) is 7.35. The number of benzene rings is 1. The minimum absolute atomic E-state index is 0.0314. The van der Waals surface area contributed by atoms with E-state index in [-0.39, 0.29) is 35.6 Å². The molecular weight excluding hydrogens is 352 g/mol. The van der Waals surface area contributed by atoms with Crippen LogP contribution in [0.4, 0.5) is 0 Å². The number of halogens is 1. The highest BCUT2D eigenvalue weighted by molar-refractivity contribution is 6.30. The van der Waals surface area contributed by atoms with E-state index in [1.807, 2.05) is 19.1 Å². The van der Waals surface area contributed by atoms with E-state index in [9.17, 15) is 9.59 Å². The van der Waals surface area contributed by atoms with Crippen molar-refractivity contribution in [3.8, 4) is 11.4 Å². The van der Waals surface area contributed by atoms with Crippen LogP contribution in [0.5, 0.6) is 0 Å². The Hall–Kier alpha value is -2.11. The maximum Gasteiger partial charge on any atom is 0.159 e. The fourth-order valence-corrected chi connectivity index (χ4v) is 4.81. The zero-order valence-corrected chi connectivity index (χ0v) is 14.9. The Morgan fingerprint density at radius 2 is 1.65 bits per heavy atom. The first-order valence-corrected chi connectivity index (χ1v) is 9.25. The predicted molar refractivity (Wildman–Crippen MR) is 94.8 cm³/mol. The van der Waals surface area contributed by atoms with Crippen molar-refractivity contribution in [3.63, 3.8) is 0 Å². The van der Waals surface area contributed by atoms with Gasteiger partial charge in [-0.3, -0.25) is 9.59 Å². The van der Waals surface area contributed by atoms with Crippen molar-refractivity contribution in [2.45, 2.75) is 37.9 Å². The lowest BCUT2D eigenvalue weighted by Crippen LogP contribution is -2.29. The van der Waals surface area contributed by atoms with Crippen molar-refractivity contribution in [1.82, 2.24) is 9.97 Å². The molecule has 2 bridgehead atoms. The second kappa shape index (κ2) is 5.69. The topological polar surface area (TPSA) is 69.2 Å². The van der Waals surface area contributed by atoms with Crippen molar-refractivity contribution >= 4 is 23.2 Å². The van der Waals surface area contributed by atoms with Crippen LogP contribution in [0, 0.1) is 18.8 Å². The number of ether oxygens (including phenoxy) is 1. The van der Waals surface area contributed by atoms with Gasteiger partial charge in [0, 0.05) is 16.8 Å². The third-order valence-corrected chi connectivity index (χ3v) is 6.14. The van der Waals surface area contributed by atoms with Crippen LogP contribution in [0.1, 0.15) is 30.0 Å². The van der Waals surface area contributed by atoms with Crippen molar-refractivity contribution in [2.75, 3.05) is 0 Å². The number of rotatable bonds is 2. The summed E-state index contributed by atoms with van der Waals surface area (Å²) in [5.74, 6) is -0.934. The minimum Gasteiger partial charge on any atom is -0.373 e. The maximum atomic E-state index is 13.1.